The van der Waals surface area contributed by atoms with Gasteiger partial charge in [-0.1, -0.05) is 31.4 Å². The molecule has 126 valence electrons. The Labute approximate surface area is 153 Å². The van der Waals surface area contributed by atoms with E-state index in [0.717, 1.165) is 6.42 Å². The fourth-order valence-corrected chi connectivity index (χ4v) is 3.38. The molecule has 23 heavy (non-hydrogen) atoms. The summed E-state index contributed by atoms with van der Waals surface area (Å²) >= 11 is 0. The molecule has 0 saturated carbocycles. The van der Waals surface area contributed by atoms with E-state index in [1.165, 1.54) is 6.08 Å². The van der Waals surface area contributed by atoms with Crippen LogP contribution < -0.4 is 4.74 Å². The van der Waals surface area contributed by atoms with Gasteiger partial charge in [-0.25, -0.2) is 0 Å². The Hall–Kier alpha value is -1.44. The van der Waals surface area contributed by atoms with Crippen molar-refractivity contribution in [3.8, 4) is 11.5 Å². The molecule has 1 aliphatic carbocycles. The van der Waals surface area contributed by atoms with Gasteiger partial charge in [-0.05, 0) is 63.9 Å². The third-order valence-electron chi connectivity index (χ3n) is 4.70. The van der Waals surface area contributed by atoms with Crippen molar-refractivity contribution in [1.29, 1.82) is 0 Å². The monoisotopic (exact) mass is 323 g/mol. The molecular formula is C21H30O2. The summed E-state index contributed by atoms with van der Waals surface area (Å²) in [4.78, 5) is 0. The Bertz CT molecular complexity index is 948. The van der Waals surface area contributed by atoms with Crippen LogP contribution in [0.5, 0.6) is 11.5 Å². The molecule has 0 radical (unpaired) electrons. The first-order chi connectivity index (χ1) is 14.5. The van der Waals surface area contributed by atoms with Crippen LogP contribution >= 0.6 is 0 Å². The van der Waals surface area contributed by atoms with E-state index in [9.17, 15) is 5.11 Å². The van der Waals surface area contributed by atoms with Crippen LogP contribution in [0, 0.1) is 5.92 Å². The average Bonchev–Trinajstić information content (AvgIpc) is 2.63. The quantitative estimate of drug-likeness (QED) is 0.716. The molecule has 0 spiro atoms. The van der Waals surface area contributed by atoms with Gasteiger partial charge in [0.15, 0.2) is 0 Å². The van der Waals surface area contributed by atoms with Gasteiger partial charge in [-0.3, -0.25) is 0 Å². The molecule has 1 aromatic carbocycles. The first kappa shape index (κ1) is 8.60. The highest BCUT2D eigenvalue weighted by atomic mass is 16.5. The van der Waals surface area contributed by atoms with Crippen molar-refractivity contribution in [3.63, 3.8) is 0 Å². The summed E-state index contributed by atoms with van der Waals surface area (Å²) in [6, 6.07) is -0.831. The Morgan fingerprint density at radius 3 is 3.04 bits per heavy atom. The lowest BCUT2D eigenvalue weighted by molar-refractivity contribution is 0.0107. The molecule has 1 aliphatic heterocycles. The zero-order valence-corrected chi connectivity index (χ0v) is 13.9. The molecule has 1 aromatic rings. The van der Waals surface area contributed by atoms with E-state index in [0.29, 0.717) is 6.42 Å². The zero-order chi connectivity index (χ0) is 24.4. The molecule has 2 nitrogen and oxygen atoms in total. The van der Waals surface area contributed by atoms with Crippen LogP contribution in [0.4, 0.5) is 0 Å². The molecule has 0 unspecified atom stereocenters. The van der Waals surface area contributed by atoms with Crippen LogP contribution in [-0.2, 0) is 6.37 Å². The summed E-state index contributed by atoms with van der Waals surface area (Å²) in [6.07, 6.45) is -1.63. The van der Waals surface area contributed by atoms with Gasteiger partial charge >= 0.3 is 0 Å². The molecule has 1 N–H and O–H groups in total. The molecule has 1 heterocycles. The van der Waals surface area contributed by atoms with Gasteiger partial charge in [0.25, 0.3) is 0 Å². The molecular weight excluding hydrogens is 284 g/mol. The predicted octanol–water partition coefficient (Wildman–Crippen LogP) is 5.74. The van der Waals surface area contributed by atoms with Gasteiger partial charge < -0.3 is 9.84 Å². The summed E-state index contributed by atoms with van der Waals surface area (Å²) in [5, 5.41) is 11.0. The van der Waals surface area contributed by atoms with E-state index in [2.05, 4.69) is 0 Å². The molecule has 0 bridgehead atoms. The number of hydrogen-bond donors (Lipinski definition) is 1. The van der Waals surface area contributed by atoms with Gasteiger partial charge in [0.1, 0.15) is 17.1 Å². The Morgan fingerprint density at radius 1 is 1.48 bits per heavy atom. The second-order valence-electron chi connectivity index (χ2n) is 6.80. The van der Waals surface area contributed by atoms with Gasteiger partial charge in [0.2, 0.25) is 0 Å². The van der Waals surface area contributed by atoms with Crippen LogP contribution in [0.15, 0.2) is 23.7 Å². The lowest BCUT2D eigenvalue weighted by Crippen LogP contribution is -2.45. The second-order valence-corrected chi connectivity index (χ2v) is 6.80. The number of benzene rings is 1. The number of hydrogen-bond acceptors (Lipinski definition) is 2. The Balaban J connectivity index is 2.30. The zero-order valence-electron chi connectivity index (χ0n) is 22.9. The van der Waals surface area contributed by atoms with E-state index in [1.54, 1.807) is 13.8 Å². The number of allylic oxidation sites excluding steroid dienone is 2. The minimum absolute atomic E-state index is 0.0660. The number of rotatable bonds is 4. The smallest absolute Gasteiger partial charge is 0.127 e. The Kier molecular flexibility index (Phi) is 2.33. The minimum atomic E-state index is -2.68. The van der Waals surface area contributed by atoms with E-state index < -0.39 is 48.8 Å². The summed E-state index contributed by atoms with van der Waals surface area (Å²) in [5.74, 6) is -1.94. The number of phenolic OH excluding ortho intramolecular Hbond substituents is 1. The highest BCUT2D eigenvalue weighted by Crippen LogP contribution is 2.53. The maximum absolute atomic E-state index is 11.0. The Morgan fingerprint density at radius 2 is 2.30 bits per heavy atom. The molecule has 2 heteroatoms. The maximum atomic E-state index is 11.0. The number of fused-ring (bicyclic) bond motifs is 3. The van der Waals surface area contributed by atoms with Crippen molar-refractivity contribution in [2.75, 3.05) is 0 Å². The normalized spacial score (nSPS) is 34.2. The van der Waals surface area contributed by atoms with Gasteiger partial charge in [-0.15, -0.1) is 0 Å². The number of unbranched alkanes of at least 4 members (excludes halogenated alkanes) is 1. The second kappa shape index (κ2) is 6.22. The van der Waals surface area contributed by atoms with Crippen LogP contribution in [-0.4, -0.2) is 10.7 Å². The molecule has 2 aliphatic rings. The summed E-state index contributed by atoms with van der Waals surface area (Å²) in [7, 11) is 0. The van der Waals surface area contributed by atoms with Gasteiger partial charge in [-0.2, -0.15) is 0 Å². The SMILES string of the molecule is [2H]c1c(O)c2c(c([2H])c1C([2H])([2H])CCCC)OC(C)(C)[C@@H]1CC([2H])([2H])C(C([2H])([2H])[2H])=C[C@@H]21. The van der Waals surface area contributed by atoms with Crippen molar-refractivity contribution < 1.29 is 22.2 Å². The molecule has 0 amide bonds. The van der Waals surface area contributed by atoms with E-state index in [4.69, 9.17) is 17.1 Å². The predicted molar refractivity (Wildman–Crippen MR) is 95.3 cm³/mol. The largest absolute Gasteiger partial charge is 0.507 e. The van der Waals surface area contributed by atoms with Crippen molar-refractivity contribution in [3.05, 3.63) is 34.9 Å². The van der Waals surface area contributed by atoms with Crippen LogP contribution in [0.3, 0.4) is 0 Å². The first-order valence-electron chi connectivity index (χ1n) is 12.7. The minimum Gasteiger partial charge on any atom is -0.507 e. The third kappa shape index (κ3) is 3.13. The number of ether oxygens (including phenoxy) is 1. The lowest BCUT2D eigenvalue weighted by Gasteiger charge is -2.46. The maximum Gasteiger partial charge on any atom is 0.127 e. The summed E-state index contributed by atoms with van der Waals surface area (Å²) in [5.41, 5.74) is -1.56. The molecule has 0 saturated heterocycles. The van der Waals surface area contributed by atoms with Crippen LogP contribution in [0.25, 0.3) is 0 Å². The van der Waals surface area contributed by atoms with Gasteiger partial charge in [0.05, 0.1) is 2.74 Å². The lowest BCUT2D eigenvalue weighted by atomic mass is 9.68. The highest BCUT2D eigenvalue weighted by molar-refractivity contribution is 5.53. The highest BCUT2D eigenvalue weighted by Gasteiger charge is 2.45. The van der Waals surface area contributed by atoms with Crippen molar-refractivity contribution >= 4 is 0 Å². The van der Waals surface area contributed by atoms with Gasteiger partial charge in [0, 0.05) is 27.0 Å². The first-order valence-corrected chi connectivity index (χ1v) is 8.24. The summed E-state index contributed by atoms with van der Waals surface area (Å²) < 4.78 is 80.2. The third-order valence-corrected chi connectivity index (χ3v) is 4.70. The molecule has 2 atom stereocenters. The van der Waals surface area contributed by atoms with Crippen LogP contribution in [0.2, 0.25) is 0 Å². The fraction of sp³-hybridized carbons (Fsp3) is 0.619. The fourth-order valence-electron chi connectivity index (χ4n) is 3.38. The topological polar surface area (TPSA) is 29.5 Å². The molecule has 3 rings (SSSR count). The number of aromatic hydroxyl groups is 1. The van der Waals surface area contributed by atoms with E-state index >= 15 is 0 Å². The van der Waals surface area contributed by atoms with Crippen molar-refractivity contribution in [2.24, 2.45) is 5.92 Å². The van der Waals surface area contributed by atoms with E-state index in [1.807, 2.05) is 6.92 Å². The number of phenols is 1. The summed E-state index contributed by atoms with van der Waals surface area (Å²) in [6.45, 7) is 2.66. The molecule has 0 fully saturated rings. The van der Waals surface area contributed by atoms with Crippen molar-refractivity contribution in [2.45, 2.75) is 77.6 Å². The van der Waals surface area contributed by atoms with Crippen molar-refractivity contribution in [1.82, 2.24) is 0 Å². The average molecular weight is 324 g/mol. The van der Waals surface area contributed by atoms with Crippen LogP contribution in [0.1, 0.15) is 89.1 Å². The van der Waals surface area contributed by atoms with E-state index in [-0.39, 0.29) is 41.3 Å². The molecule has 0 aromatic heterocycles. The standard InChI is InChI=1S/C21H30O2/c1-5-6-7-8-15-12-18(22)20-16-11-14(2)9-10-17(16)21(3,4)23-19(20)13-15/h11-13,16-17,22H,5-10H2,1-4H3/t16-,17-/m1/s1/i2D3,8D2,9D2,12D,13D.